The first-order valence-electron chi connectivity index (χ1n) is 12.4. The largest absolute Gasteiger partial charge is 0.352 e. The van der Waals surface area contributed by atoms with Gasteiger partial charge in [0.05, 0.1) is 22.7 Å². The summed E-state index contributed by atoms with van der Waals surface area (Å²) < 4.78 is 1.88. The van der Waals surface area contributed by atoms with E-state index in [4.69, 9.17) is 4.98 Å². The summed E-state index contributed by atoms with van der Waals surface area (Å²) in [5, 5.41) is 10.3. The van der Waals surface area contributed by atoms with Gasteiger partial charge in [0.15, 0.2) is 5.65 Å². The molecule has 0 spiro atoms. The van der Waals surface area contributed by atoms with Crippen LogP contribution in [0.3, 0.4) is 0 Å². The first kappa shape index (κ1) is 23.3. The van der Waals surface area contributed by atoms with Gasteiger partial charge in [-0.05, 0) is 43.3 Å². The van der Waals surface area contributed by atoms with Gasteiger partial charge in [0.25, 0.3) is 5.91 Å². The number of nitriles is 1. The highest BCUT2D eigenvalue weighted by molar-refractivity contribution is 6.02. The van der Waals surface area contributed by atoms with Gasteiger partial charge < -0.3 is 9.80 Å². The van der Waals surface area contributed by atoms with Crippen LogP contribution in [0, 0.1) is 11.3 Å². The Morgan fingerprint density at radius 3 is 2.58 bits per heavy atom. The summed E-state index contributed by atoms with van der Waals surface area (Å²) in [4.78, 5) is 35.7. The van der Waals surface area contributed by atoms with Crippen LogP contribution in [0.2, 0.25) is 0 Å². The van der Waals surface area contributed by atoms with Crippen molar-refractivity contribution in [1.82, 2.24) is 29.4 Å². The number of pyridine rings is 2. The van der Waals surface area contributed by atoms with Gasteiger partial charge in [0.2, 0.25) is 0 Å². The topological polar surface area (TPSA) is 104 Å². The minimum absolute atomic E-state index is 0.0177. The van der Waals surface area contributed by atoms with Crippen molar-refractivity contribution >= 4 is 22.8 Å². The smallest absolute Gasteiger partial charge is 0.254 e. The predicted molar refractivity (Wildman–Crippen MR) is 144 cm³/mol. The third kappa shape index (κ3) is 4.12. The zero-order valence-electron chi connectivity index (χ0n) is 20.8. The van der Waals surface area contributed by atoms with Crippen LogP contribution in [-0.4, -0.2) is 61.0 Å². The zero-order valence-corrected chi connectivity index (χ0v) is 20.8. The van der Waals surface area contributed by atoms with Gasteiger partial charge in [0.1, 0.15) is 18.0 Å². The number of piperazine rings is 1. The molecule has 9 heteroatoms. The second-order valence-electron chi connectivity index (χ2n) is 9.20. The second kappa shape index (κ2) is 9.75. The van der Waals surface area contributed by atoms with E-state index in [0.717, 1.165) is 22.5 Å². The Balaban J connectivity index is 1.42. The molecule has 6 rings (SSSR count). The molecule has 0 bridgehead atoms. The van der Waals surface area contributed by atoms with Crippen molar-refractivity contribution in [1.29, 1.82) is 5.26 Å². The maximum absolute atomic E-state index is 13.2. The average molecular weight is 501 g/mol. The predicted octanol–water partition coefficient (Wildman–Crippen LogP) is 4.10. The molecule has 0 saturated carbocycles. The maximum atomic E-state index is 13.2. The molecule has 0 N–H and O–H groups in total. The van der Waals surface area contributed by atoms with Crippen molar-refractivity contribution in [2.24, 2.45) is 0 Å². The van der Waals surface area contributed by atoms with E-state index >= 15 is 0 Å². The van der Waals surface area contributed by atoms with Gasteiger partial charge in [0, 0.05) is 55.4 Å². The van der Waals surface area contributed by atoms with E-state index in [1.807, 2.05) is 64.2 Å². The lowest BCUT2D eigenvalue weighted by molar-refractivity contribution is 0.0674. The minimum Gasteiger partial charge on any atom is -0.352 e. The Kier molecular flexibility index (Phi) is 5.98. The molecule has 1 aromatic carbocycles. The lowest BCUT2D eigenvalue weighted by Gasteiger charge is -2.40. The second-order valence-corrected chi connectivity index (χ2v) is 9.20. The van der Waals surface area contributed by atoms with Crippen LogP contribution in [0.5, 0.6) is 0 Å². The highest BCUT2D eigenvalue weighted by Crippen LogP contribution is 2.36. The molecule has 1 atom stereocenters. The lowest BCUT2D eigenvalue weighted by Crippen LogP contribution is -2.54. The number of anilines is 1. The highest BCUT2D eigenvalue weighted by Gasteiger charge is 2.31. The Labute approximate surface area is 219 Å². The van der Waals surface area contributed by atoms with E-state index in [1.165, 1.54) is 0 Å². The van der Waals surface area contributed by atoms with Gasteiger partial charge >= 0.3 is 0 Å². The van der Waals surface area contributed by atoms with Crippen molar-refractivity contribution in [2.75, 3.05) is 24.5 Å². The molecule has 0 aliphatic carbocycles. The summed E-state index contributed by atoms with van der Waals surface area (Å²) in [6.07, 6.45) is 6.88. The normalized spacial score (nSPS) is 15.4. The van der Waals surface area contributed by atoms with Crippen LogP contribution in [0.1, 0.15) is 22.8 Å². The first-order valence-corrected chi connectivity index (χ1v) is 12.4. The number of carbonyl (C=O) groups is 1. The molecule has 5 heterocycles. The molecule has 1 fully saturated rings. The SMILES string of the molecule is CC1CN(c2ncnc3c2c(-c2ccccn2)cn3-c2cc(C#N)ccn2)CCN1C(=O)c1ccccc1. The van der Waals surface area contributed by atoms with Crippen LogP contribution in [0.4, 0.5) is 5.82 Å². The average Bonchev–Trinajstić information content (AvgIpc) is 3.38. The zero-order chi connectivity index (χ0) is 26.1. The van der Waals surface area contributed by atoms with Gasteiger partial charge in [-0.2, -0.15) is 5.26 Å². The molecular formula is C29H24N8O. The van der Waals surface area contributed by atoms with E-state index in [1.54, 1.807) is 30.9 Å². The number of nitrogens with zero attached hydrogens (tertiary/aromatic N) is 8. The summed E-state index contributed by atoms with van der Waals surface area (Å²) in [5.74, 6) is 1.41. The number of benzene rings is 1. The lowest BCUT2D eigenvalue weighted by atomic mass is 10.1. The number of hydrogen-bond donors (Lipinski definition) is 0. The van der Waals surface area contributed by atoms with Crippen LogP contribution < -0.4 is 4.90 Å². The molecule has 1 unspecified atom stereocenters. The number of fused-ring (bicyclic) bond motifs is 1. The molecular weight excluding hydrogens is 476 g/mol. The molecule has 1 aliphatic rings. The van der Waals surface area contributed by atoms with Gasteiger partial charge in [-0.15, -0.1) is 0 Å². The van der Waals surface area contributed by atoms with Crippen LogP contribution >= 0.6 is 0 Å². The summed E-state index contributed by atoms with van der Waals surface area (Å²) >= 11 is 0. The standard InChI is InChI=1S/C29H24N8O/c1-20-17-35(13-14-36(20)29(38)22-7-3-2-4-8-22)27-26-23(24-9-5-6-11-31-24)18-37(28(26)34-19-33-27)25-15-21(16-30)10-12-32-25/h2-12,15,18-20H,13-14,17H2,1H3. The molecule has 38 heavy (non-hydrogen) atoms. The minimum atomic E-state index is -0.0177. The van der Waals surface area contributed by atoms with Gasteiger partial charge in [-0.3, -0.25) is 14.3 Å². The number of hydrogen-bond acceptors (Lipinski definition) is 7. The molecule has 0 radical (unpaired) electrons. The van der Waals surface area contributed by atoms with Crippen LogP contribution in [-0.2, 0) is 0 Å². The maximum Gasteiger partial charge on any atom is 0.254 e. The Morgan fingerprint density at radius 1 is 0.974 bits per heavy atom. The van der Waals surface area contributed by atoms with Gasteiger partial charge in [-0.1, -0.05) is 24.3 Å². The van der Waals surface area contributed by atoms with Gasteiger partial charge in [-0.25, -0.2) is 15.0 Å². The number of rotatable bonds is 4. The third-order valence-electron chi connectivity index (χ3n) is 6.83. The summed E-state index contributed by atoms with van der Waals surface area (Å²) in [7, 11) is 0. The monoisotopic (exact) mass is 500 g/mol. The fraction of sp³-hybridized carbons (Fsp3) is 0.172. The summed E-state index contributed by atoms with van der Waals surface area (Å²) in [6, 6.07) is 20.7. The van der Waals surface area contributed by atoms with E-state index in [0.29, 0.717) is 42.2 Å². The Bertz CT molecular complexity index is 1660. The Hall–Kier alpha value is -5.10. The molecule has 4 aromatic heterocycles. The van der Waals surface area contributed by atoms with E-state index in [2.05, 4.69) is 32.8 Å². The van der Waals surface area contributed by atoms with Crippen LogP contribution in [0.25, 0.3) is 28.1 Å². The van der Waals surface area contributed by atoms with Crippen molar-refractivity contribution in [3.8, 4) is 23.1 Å². The highest BCUT2D eigenvalue weighted by atomic mass is 16.2. The molecule has 5 aromatic rings. The molecule has 1 saturated heterocycles. The van der Waals surface area contributed by atoms with Crippen molar-refractivity contribution < 1.29 is 4.79 Å². The van der Waals surface area contributed by atoms with Crippen LogP contribution in [0.15, 0.2) is 85.6 Å². The molecule has 186 valence electrons. The fourth-order valence-corrected chi connectivity index (χ4v) is 4.99. The number of aromatic nitrogens is 5. The van der Waals surface area contributed by atoms with Crippen molar-refractivity contribution in [2.45, 2.75) is 13.0 Å². The molecule has 1 aliphatic heterocycles. The van der Waals surface area contributed by atoms with Crippen molar-refractivity contribution in [3.05, 3.63) is 96.7 Å². The van der Waals surface area contributed by atoms with Crippen molar-refractivity contribution in [3.63, 3.8) is 0 Å². The summed E-state index contributed by atoms with van der Waals surface area (Å²) in [5.41, 5.74) is 3.54. The van der Waals surface area contributed by atoms with E-state index in [9.17, 15) is 10.1 Å². The quantitative estimate of drug-likeness (QED) is 0.366. The Morgan fingerprint density at radius 2 is 1.82 bits per heavy atom. The third-order valence-corrected chi connectivity index (χ3v) is 6.83. The number of carbonyl (C=O) groups excluding carboxylic acids is 1. The summed E-state index contributed by atoms with van der Waals surface area (Å²) in [6.45, 7) is 3.89. The molecule has 9 nitrogen and oxygen atoms in total. The van der Waals surface area contributed by atoms with E-state index in [-0.39, 0.29) is 11.9 Å². The van der Waals surface area contributed by atoms with E-state index < -0.39 is 0 Å². The fourth-order valence-electron chi connectivity index (χ4n) is 4.99. The number of amides is 1. The molecule has 1 amide bonds. The first-order chi connectivity index (χ1) is 18.6.